The molecule has 1 amide bonds. The van der Waals surface area contributed by atoms with Gasteiger partial charge in [0.15, 0.2) is 17.3 Å². The lowest BCUT2D eigenvalue weighted by atomic mass is 10.2. The first kappa shape index (κ1) is 20.9. The van der Waals surface area contributed by atoms with Gasteiger partial charge in [0, 0.05) is 0 Å². The molecule has 9 nitrogen and oxygen atoms in total. The number of alkyl halides is 3. The molecule has 0 saturated carbocycles. The molecule has 4 aromatic heterocycles. The van der Waals surface area contributed by atoms with Crippen molar-refractivity contribution in [3.63, 3.8) is 0 Å². The molecule has 158 valence electrons. The van der Waals surface area contributed by atoms with E-state index in [0.29, 0.717) is 9.28 Å². The molecule has 0 aliphatic carbocycles. The average Bonchev–Trinajstić information content (AvgIpc) is 3.38. The number of hydrogen-bond donors (Lipinski definition) is 1. The lowest BCUT2D eigenvalue weighted by Gasteiger charge is -2.12. The van der Waals surface area contributed by atoms with E-state index in [1.807, 2.05) is 0 Å². The van der Waals surface area contributed by atoms with Gasteiger partial charge in [0.05, 0.1) is 41.1 Å². The summed E-state index contributed by atoms with van der Waals surface area (Å²) in [4.78, 5) is 21.8. The van der Waals surface area contributed by atoms with E-state index in [1.165, 1.54) is 36.8 Å². The van der Waals surface area contributed by atoms with E-state index in [-0.39, 0.29) is 22.3 Å². The summed E-state index contributed by atoms with van der Waals surface area (Å²) in [5.74, 6) is -0.966. The second-order valence-corrected chi connectivity index (χ2v) is 7.16. The largest absolute Gasteiger partial charge is 0.434 e. The van der Waals surface area contributed by atoms with Crippen molar-refractivity contribution >= 4 is 39.1 Å². The van der Waals surface area contributed by atoms with Crippen LogP contribution in [0, 0.1) is 0 Å². The number of aromatic nitrogens is 7. The Morgan fingerprint density at radius 1 is 1.13 bits per heavy atom. The second kappa shape index (κ2) is 8.07. The van der Waals surface area contributed by atoms with E-state index < -0.39 is 23.3 Å². The molecular weight excluding hydrogens is 505 g/mol. The van der Waals surface area contributed by atoms with Crippen LogP contribution in [-0.2, 0) is 6.18 Å². The van der Waals surface area contributed by atoms with Crippen molar-refractivity contribution in [1.82, 2.24) is 34.7 Å². The smallest absolute Gasteiger partial charge is 0.320 e. The van der Waals surface area contributed by atoms with Gasteiger partial charge in [-0.05, 0) is 34.1 Å². The number of amides is 1. The van der Waals surface area contributed by atoms with Crippen molar-refractivity contribution in [2.75, 3.05) is 5.32 Å². The molecule has 0 aromatic carbocycles. The molecular formula is C17H9BrClF3N8O. The first-order valence-electron chi connectivity index (χ1n) is 8.36. The minimum atomic E-state index is -4.88. The Labute approximate surface area is 185 Å². The number of hydrogen-bond acceptors (Lipinski definition) is 6. The Bertz CT molecular complexity index is 1260. The fourth-order valence-corrected chi connectivity index (χ4v) is 3.22. The van der Waals surface area contributed by atoms with Crippen molar-refractivity contribution in [1.29, 1.82) is 0 Å². The highest BCUT2D eigenvalue weighted by Crippen LogP contribution is 2.34. The van der Waals surface area contributed by atoms with Crippen LogP contribution in [0.1, 0.15) is 16.1 Å². The Hall–Kier alpha value is -3.32. The van der Waals surface area contributed by atoms with Gasteiger partial charge in [0.2, 0.25) is 0 Å². The molecule has 0 radical (unpaired) electrons. The molecule has 0 spiro atoms. The number of nitrogens with zero attached hydrogens (tertiary/aromatic N) is 7. The van der Waals surface area contributed by atoms with Crippen LogP contribution in [-0.4, -0.2) is 40.6 Å². The van der Waals surface area contributed by atoms with Gasteiger partial charge in [-0.15, -0.1) is 4.80 Å². The molecule has 4 rings (SSSR count). The number of halogens is 5. The third-order valence-electron chi connectivity index (χ3n) is 3.89. The summed E-state index contributed by atoms with van der Waals surface area (Å²) in [5.41, 5.74) is -1.89. The molecule has 1 N–H and O–H groups in total. The van der Waals surface area contributed by atoms with Gasteiger partial charge in [0.1, 0.15) is 4.60 Å². The van der Waals surface area contributed by atoms with Crippen LogP contribution in [0.15, 0.2) is 53.7 Å². The SMILES string of the molecule is O=C(Nc1cnc(-n2nccn2)c(Cl)c1)c1cnn(-c2cccc(Br)n2)c1C(F)(F)F. The highest BCUT2D eigenvalue weighted by atomic mass is 79.9. The molecule has 0 aliphatic rings. The van der Waals surface area contributed by atoms with Crippen molar-refractivity contribution < 1.29 is 18.0 Å². The first-order chi connectivity index (χ1) is 14.7. The zero-order valence-corrected chi connectivity index (χ0v) is 17.4. The van der Waals surface area contributed by atoms with Crippen LogP contribution in [0.4, 0.5) is 18.9 Å². The minimum absolute atomic E-state index is 0.0763. The number of rotatable bonds is 4. The third kappa shape index (κ3) is 4.27. The lowest BCUT2D eigenvalue weighted by Crippen LogP contribution is -2.21. The molecule has 4 aromatic rings. The minimum Gasteiger partial charge on any atom is -0.320 e. The van der Waals surface area contributed by atoms with Crippen molar-refractivity contribution in [2.24, 2.45) is 0 Å². The van der Waals surface area contributed by atoms with Crippen LogP contribution >= 0.6 is 27.5 Å². The maximum Gasteiger partial charge on any atom is 0.434 e. The summed E-state index contributed by atoms with van der Waals surface area (Å²) < 4.78 is 42.2. The normalized spacial score (nSPS) is 11.5. The van der Waals surface area contributed by atoms with Crippen LogP contribution in [0.5, 0.6) is 0 Å². The Balaban J connectivity index is 1.67. The van der Waals surface area contributed by atoms with Crippen molar-refractivity contribution in [3.8, 4) is 11.6 Å². The van der Waals surface area contributed by atoms with Gasteiger partial charge in [-0.25, -0.2) is 14.6 Å². The second-order valence-electron chi connectivity index (χ2n) is 5.94. The zero-order chi connectivity index (χ0) is 22.2. The predicted octanol–water partition coefficient (Wildman–Crippen LogP) is 3.93. The number of anilines is 1. The van der Waals surface area contributed by atoms with Crippen molar-refractivity contribution in [2.45, 2.75) is 6.18 Å². The Morgan fingerprint density at radius 2 is 1.87 bits per heavy atom. The molecule has 0 saturated heterocycles. The fraction of sp³-hybridized carbons (Fsp3) is 0.0588. The summed E-state index contributed by atoms with van der Waals surface area (Å²) in [6.45, 7) is 0. The molecule has 4 heterocycles. The van der Waals surface area contributed by atoms with E-state index in [2.05, 4.69) is 46.5 Å². The van der Waals surface area contributed by atoms with Gasteiger partial charge in [0.25, 0.3) is 5.91 Å². The van der Waals surface area contributed by atoms with Crippen molar-refractivity contribution in [3.05, 3.63) is 69.9 Å². The maximum absolute atomic E-state index is 13.8. The Kier molecular flexibility index (Phi) is 5.45. The maximum atomic E-state index is 13.8. The summed E-state index contributed by atoms with van der Waals surface area (Å²) in [7, 11) is 0. The molecule has 0 bridgehead atoms. The number of nitrogens with one attached hydrogen (secondary N) is 1. The highest BCUT2D eigenvalue weighted by Gasteiger charge is 2.41. The lowest BCUT2D eigenvalue weighted by molar-refractivity contribution is -0.143. The predicted molar refractivity (Wildman–Crippen MR) is 106 cm³/mol. The van der Waals surface area contributed by atoms with Gasteiger partial charge in [-0.2, -0.15) is 28.5 Å². The van der Waals surface area contributed by atoms with Gasteiger partial charge in [-0.3, -0.25) is 4.79 Å². The zero-order valence-electron chi connectivity index (χ0n) is 15.0. The van der Waals surface area contributed by atoms with Crippen LogP contribution < -0.4 is 5.32 Å². The highest BCUT2D eigenvalue weighted by molar-refractivity contribution is 9.10. The van der Waals surface area contributed by atoms with Crippen LogP contribution in [0.2, 0.25) is 5.02 Å². The van der Waals surface area contributed by atoms with Gasteiger partial charge < -0.3 is 5.32 Å². The molecule has 0 fully saturated rings. The van der Waals surface area contributed by atoms with Gasteiger partial charge >= 0.3 is 6.18 Å². The summed E-state index contributed by atoms with van der Waals surface area (Å²) >= 11 is 9.23. The van der Waals surface area contributed by atoms with Crippen LogP contribution in [0.25, 0.3) is 11.6 Å². The standard InChI is InChI=1S/C17H9BrClF3N8O/c18-12-2-1-3-13(28-12)29-14(17(20,21)22)10(8-26-29)16(31)27-9-6-11(19)15(23-7-9)30-24-4-5-25-30/h1-8H,(H,27,31). The monoisotopic (exact) mass is 512 g/mol. The van der Waals surface area contributed by atoms with E-state index in [1.54, 1.807) is 6.07 Å². The summed E-state index contributed by atoms with van der Waals surface area (Å²) in [6.07, 6.45) is 0.000808. The molecule has 0 atom stereocenters. The number of carbonyl (C=O) groups excluding carboxylic acids is 1. The first-order valence-corrected chi connectivity index (χ1v) is 9.53. The number of pyridine rings is 2. The molecule has 0 unspecified atom stereocenters. The number of carbonyl (C=O) groups is 1. The Morgan fingerprint density at radius 3 is 2.52 bits per heavy atom. The third-order valence-corrected chi connectivity index (χ3v) is 4.61. The van der Waals surface area contributed by atoms with Crippen LogP contribution in [0.3, 0.4) is 0 Å². The molecule has 0 aliphatic heterocycles. The molecule has 31 heavy (non-hydrogen) atoms. The van der Waals surface area contributed by atoms with Gasteiger partial charge in [-0.1, -0.05) is 17.7 Å². The summed E-state index contributed by atoms with van der Waals surface area (Å²) in [5, 5.41) is 13.9. The molecule has 14 heteroatoms. The average molecular weight is 514 g/mol. The summed E-state index contributed by atoms with van der Waals surface area (Å²) in [6, 6.07) is 5.70. The topological polar surface area (TPSA) is 103 Å². The quantitative estimate of drug-likeness (QED) is 0.415. The van der Waals surface area contributed by atoms with E-state index in [4.69, 9.17) is 11.6 Å². The van der Waals surface area contributed by atoms with E-state index in [0.717, 1.165) is 11.0 Å². The van der Waals surface area contributed by atoms with E-state index >= 15 is 0 Å². The fourth-order valence-electron chi connectivity index (χ4n) is 2.65. The van der Waals surface area contributed by atoms with E-state index in [9.17, 15) is 18.0 Å².